The SMILES string of the molecule is CC(C)OC(COC=O)OP(=O)(O)C(F)(F)c1ccc(Cn2c(-c3ccc(S(C)(=O)=O)cc3)cn(C)c2=O)cc1Br. The van der Waals surface area contributed by atoms with Crippen LogP contribution in [-0.2, 0) is 52.5 Å². The first-order valence-corrected chi connectivity index (χ1v) is 16.2. The number of aromatic nitrogens is 2. The molecule has 1 aromatic heterocycles. The number of ether oxygens (including phenoxy) is 2. The molecule has 0 aliphatic carbocycles. The van der Waals surface area contributed by atoms with E-state index in [-0.39, 0.29) is 22.4 Å². The number of halogens is 3. The van der Waals surface area contributed by atoms with Gasteiger partial charge in [-0.2, -0.15) is 8.78 Å². The molecule has 0 aliphatic rings. The number of carbonyl (C=O) groups excluding carboxylic acids is 1. The first-order valence-electron chi connectivity index (χ1n) is 11.9. The summed E-state index contributed by atoms with van der Waals surface area (Å²) >= 11 is 3.03. The summed E-state index contributed by atoms with van der Waals surface area (Å²) in [5.74, 6) is 0. The van der Waals surface area contributed by atoms with Gasteiger partial charge >= 0.3 is 18.9 Å². The molecule has 1 N–H and O–H groups in total. The highest BCUT2D eigenvalue weighted by atomic mass is 79.9. The minimum atomic E-state index is -5.73. The van der Waals surface area contributed by atoms with Gasteiger partial charge in [0, 0.05) is 29.5 Å². The molecule has 0 saturated heterocycles. The third kappa shape index (κ3) is 7.59. The van der Waals surface area contributed by atoms with Crippen LogP contribution >= 0.6 is 23.5 Å². The Morgan fingerprint density at radius 1 is 1.17 bits per heavy atom. The number of alkyl halides is 2. The maximum atomic E-state index is 15.3. The molecule has 3 rings (SSSR count). The van der Waals surface area contributed by atoms with Gasteiger partial charge in [-0.05, 0) is 43.2 Å². The highest BCUT2D eigenvalue weighted by molar-refractivity contribution is 9.10. The molecule has 0 amide bonds. The van der Waals surface area contributed by atoms with Crippen molar-refractivity contribution < 1.29 is 45.4 Å². The van der Waals surface area contributed by atoms with Crippen LogP contribution in [0.25, 0.3) is 11.3 Å². The van der Waals surface area contributed by atoms with E-state index in [0.717, 1.165) is 12.3 Å². The third-order valence-corrected chi connectivity index (χ3v) is 9.01. The fourth-order valence-electron chi connectivity index (χ4n) is 3.84. The lowest BCUT2D eigenvalue weighted by Crippen LogP contribution is -2.29. The number of rotatable bonds is 13. The zero-order valence-electron chi connectivity index (χ0n) is 22.4. The number of hydrogen-bond donors (Lipinski definition) is 1. The van der Waals surface area contributed by atoms with Gasteiger partial charge in [-0.25, -0.2) is 13.2 Å². The van der Waals surface area contributed by atoms with Crippen molar-refractivity contribution in [3.63, 3.8) is 0 Å². The van der Waals surface area contributed by atoms with E-state index in [1.807, 2.05) is 0 Å². The Balaban J connectivity index is 1.92. The van der Waals surface area contributed by atoms with Gasteiger partial charge in [-0.15, -0.1) is 0 Å². The number of nitrogens with zero attached hydrogens (tertiary/aromatic N) is 2. The van der Waals surface area contributed by atoms with Gasteiger partial charge in [0.25, 0.3) is 6.47 Å². The van der Waals surface area contributed by atoms with Gasteiger partial charge < -0.3 is 18.9 Å². The van der Waals surface area contributed by atoms with Crippen molar-refractivity contribution in [2.45, 2.75) is 43.3 Å². The first-order chi connectivity index (χ1) is 19.0. The summed E-state index contributed by atoms with van der Waals surface area (Å²) in [4.78, 5) is 33.7. The Bertz CT molecular complexity index is 1620. The van der Waals surface area contributed by atoms with E-state index < -0.39 is 53.4 Å². The molecular weight excluding hydrogens is 653 g/mol. The molecule has 16 heteroatoms. The second kappa shape index (κ2) is 12.7. The minimum absolute atomic E-state index is 0.0178. The fourth-order valence-corrected chi connectivity index (χ4v) is 6.36. The van der Waals surface area contributed by atoms with Crippen LogP contribution in [0, 0.1) is 0 Å². The van der Waals surface area contributed by atoms with E-state index in [1.165, 1.54) is 54.3 Å². The van der Waals surface area contributed by atoms with Crippen molar-refractivity contribution >= 4 is 39.8 Å². The van der Waals surface area contributed by atoms with E-state index in [0.29, 0.717) is 16.8 Å². The summed E-state index contributed by atoms with van der Waals surface area (Å²) in [6.07, 6.45) is 0.306. The van der Waals surface area contributed by atoms with Crippen molar-refractivity contribution in [1.82, 2.24) is 9.13 Å². The normalized spacial score (nSPS) is 14.6. The van der Waals surface area contributed by atoms with Gasteiger partial charge in [-0.1, -0.05) is 40.2 Å². The minimum Gasteiger partial charge on any atom is -0.462 e. The predicted octanol–water partition coefficient (Wildman–Crippen LogP) is 4.24. The smallest absolute Gasteiger partial charge is 0.404 e. The lowest BCUT2D eigenvalue weighted by atomic mass is 10.1. The van der Waals surface area contributed by atoms with Gasteiger partial charge in [-0.3, -0.25) is 18.5 Å². The number of aryl methyl sites for hydroxylation is 1. The van der Waals surface area contributed by atoms with Crippen molar-refractivity contribution in [3.8, 4) is 11.3 Å². The Hall–Kier alpha value is -2.68. The van der Waals surface area contributed by atoms with E-state index >= 15 is 8.78 Å². The maximum Gasteiger partial charge on any atom is 0.404 e. The van der Waals surface area contributed by atoms with E-state index in [4.69, 9.17) is 9.26 Å². The Kier molecular flexibility index (Phi) is 10.1. The highest BCUT2D eigenvalue weighted by Gasteiger charge is 2.55. The van der Waals surface area contributed by atoms with Crippen molar-refractivity contribution in [3.05, 3.63) is 74.7 Å². The summed E-state index contributed by atoms with van der Waals surface area (Å²) < 4.78 is 83.7. The van der Waals surface area contributed by atoms with Crippen LogP contribution in [0.4, 0.5) is 8.78 Å². The number of benzene rings is 2. The molecule has 2 unspecified atom stereocenters. The molecule has 0 spiro atoms. The zero-order chi connectivity index (χ0) is 30.8. The fraction of sp³-hybridized carbons (Fsp3) is 0.360. The molecular formula is C25H28BrF2N2O9PS. The average molecular weight is 681 g/mol. The van der Waals surface area contributed by atoms with Crippen LogP contribution in [0.5, 0.6) is 0 Å². The van der Waals surface area contributed by atoms with E-state index in [2.05, 4.69) is 20.7 Å². The number of sulfone groups is 1. The van der Waals surface area contributed by atoms with Crippen molar-refractivity contribution in [1.29, 1.82) is 0 Å². The summed E-state index contributed by atoms with van der Waals surface area (Å²) in [5.41, 5.74) is -4.28. The molecule has 0 bridgehead atoms. The molecule has 2 aromatic carbocycles. The van der Waals surface area contributed by atoms with Crippen molar-refractivity contribution in [2.24, 2.45) is 7.05 Å². The van der Waals surface area contributed by atoms with E-state index in [1.54, 1.807) is 18.3 Å². The van der Waals surface area contributed by atoms with E-state index in [9.17, 15) is 27.5 Å². The van der Waals surface area contributed by atoms with Crippen LogP contribution in [0.3, 0.4) is 0 Å². The summed E-state index contributed by atoms with van der Waals surface area (Å²) in [6, 6.07) is 9.40. The average Bonchev–Trinajstić information content (AvgIpc) is 3.14. The monoisotopic (exact) mass is 680 g/mol. The third-order valence-electron chi connectivity index (χ3n) is 5.76. The number of imidazole rings is 1. The highest BCUT2D eigenvalue weighted by Crippen LogP contribution is 2.64. The van der Waals surface area contributed by atoms with Gasteiger partial charge in [0.05, 0.1) is 23.2 Å². The van der Waals surface area contributed by atoms with Crippen molar-refractivity contribution in [2.75, 3.05) is 12.9 Å². The van der Waals surface area contributed by atoms with Crippen LogP contribution in [-0.4, -0.2) is 54.2 Å². The zero-order valence-corrected chi connectivity index (χ0v) is 25.7. The number of hydrogen-bond acceptors (Lipinski definition) is 8. The topological polar surface area (TPSA) is 143 Å². The van der Waals surface area contributed by atoms with Crippen LogP contribution in [0.2, 0.25) is 0 Å². The molecule has 0 radical (unpaired) electrons. The van der Waals surface area contributed by atoms with Gasteiger partial charge in [0.2, 0.25) is 6.29 Å². The largest absolute Gasteiger partial charge is 0.462 e. The summed E-state index contributed by atoms with van der Waals surface area (Å²) in [6.45, 7) is 2.33. The Morgan fingerprint density at radius 2 is 1.80 bits per heavy atom. The second-order valence-electron chi connectivity index (χ2n) is 9.32. The van der Waals surface area contributed by atoms with Crippen LogP contribution in [0.15, 0.2) is 62.8 Å². The van der Waals surface area contributed by atoms with Gasteiger partial charge in [0.1, 0.15) is 6.61 Å². The first kappa shape index (κ1) is 32.8. The quantitative estimate of drug-likeness (QED) is 0.159. The predicted molar refractivity (Wildman–Crippen MR) is 148 cm³/mol. The Labute approximate surface area is 243 Å². The molecule has 2 atom stereocenters. The van der Waals surface area contributed by atoms with Gasteiger partial charge in [0.15, 0.2) is 9.84 Å². The summed E-state index contributed by atoms with van der Waals surface area (Å²) in [7, 11) is -7.63. The number of carbonyl (C=O) groups is 1. The maximum absolute atomic E-state index is 15.3. The molecule has 0 aliphatic heterocycles. The molecule has 0 saturated carbocycles. The van der Waals surface area contributed by atoms with Crippen LogP contribution in [0.1, 0.15) is 25.0 Å². The molecule has 224 valence electrons. The molecule has 3 aromatic rings. The second-order valence-corrected chi connectivity index (χ2v) is 14.0. The lowest BCUT2D eigenvalue weighted by molar-refractivity contribution is -0.161. The van der Waals surface area contributed by atoms with Crippen LogP contribution < -0.4 is 5.69 Å². The Morgan fingerprint density at radius 3 is 2.34 bits per heavy atom. The molecule has 0 fully saturated rings. The molecule has 11 nitrogen and oxygen atoms in total. The lowest BCUT2D eigenvalue weighted by Gasteiger charge is -2.27. The molecule has 41 heavy (non-hydrogen) atoms. The standard InChI is InChI=1S/C25H28BrF2N2O9PS/c1-16(2)38-23(14-37-15-31)39-40(33,34)25(27,28)20-10-5-17(11-21(20)26)12-30-22(13-29(3)24(30)32)18-6-8-19(9-7-18)41(4,35)36/h5-11,13,15-16,23H,12,14H2,1-4H3,(H,33,34). The summed E-state index contributed by atoms with van der Waals surface area (Å²) in [5, 5.41) is 0. The molecule has 1 heterocycles.